The Balaban J connectivity index is 2.31. The first kappa shape index (κ1) is 14.8. The molecular weight excluding hydrogens is 324 g/mol. The maximum Gasteiger partial charge on any atom is 0.262 e. The lowest BCUT2D eigenvalue weighted by molar-refractivity contribution is 0.0878. The number of nitrogen functional groups attached to an aromatic ring is 1. The molecule has 0 saturated carbocycles. The summed E-state index contributed by atoms with van der Waals surface area (Å²) in [4.78, 5) is 47.0. The van der Waals surface area contributed by atoms with Crippen LogP contribution in [0.15, 0.2) is 29.1 Å². The predicted molar refractivity (Wildman–Crippen MR) is 81.8 cm³/mol. The van der Waals surface area contributed by atoms with Gasteiger partial charge in [0.25, 0.3) is 17.4 Å². The van der Waals surface area contributed by atoms with Crippen molar-refractivity contribution in [3.8, 4) is 5.69 Å². The molecule has 0 spiro atoms. The lowest BCUT2D eigenvalue weighted by Crippen LogP contribution is -2.24. The van der Waals surface area contributed by atoms with Crippen molar-refractivity contribution < 1.29 is 14.4 Å². The molecule has 0 saturated heterocycles. The Kier molecular flexibility index (Phi) is 3.19. The third-order valence-electron chi connectivity index (χ3n) is 3.43. The number of nitrogens with zero attached hydrogens (tertiary/aromatic N) is 1. The van der Waals surface area contributed by atoms with Gasteiger partial charge in [0.05, 0.1) is 27.4 Å². The van der Waals surface area contributed by atoms with E-state index in [1.807, 2.05) is 0 Å². The van der Waals surface area contributed by atoms with Crippen LogP contribution in [0.25, 0.3) is 5.69 Å². The van der Waals surface area contributed by atoms with Crippen LogP contribution >= 0.6 is 11.6 Å². The zero-order valence-corrected chi connectivity index (χ0v) is 12.2. The molecule has 2 heterocycles. The van der Waals surface area contributed by atoms with E-state index in [1.165, 1.54) is 18.2 Å². The average molecular weight is 333 g/mol. The molecule has 5 N–H and O–H groups in total. The Morgan fingerprint density at radius 1 is 1.13 bits per heavy atom. The minimum atomic E-state index is -0.780. The van der Waals surface area contributed by atoms with Gasteiger partial charge in [0.1, 0.15) is 5.82 Å². The van der Waals surface area contributed by atoms with Crippen molar-refractivity contribution in [2.45, 2.75) is 0 Å². The molecule has 1 aliphatic rings. The molecular formula is C14H9ClN4O4. The number of carbonyl (C=O) groups is 3. The average Bonchev–Trinajstić information content (AvgIpc) is 2.75. The molecule has 1 aromatic carbocycles. The number of aromatic nitrogens is 1. The minimum absolute atomic E-state index is 0.00325. The molecule has 9 heteroatoms. The fourth-order valence-electron chi connectivity index (χ4n) is 2.39. The van der Waals surface area contributed by atoms with Crippen molar-refractivity contribution in [2.24, 2.45) is 5.73 Å². The first-order valence-corrected chi connectivity index (χ1v) is 6.70. The Morgan fingerprint density at radius 2 is 1.83 bits per heavy atom. The monoisotopic (exact) mass is 332 g/mol. The molecule has 1 aliphatic heterocycles. The van der Waals surface area contributed by atoms with Crippen molar-refractivity contribution in [2.75, 3.05) is 5.73 Å². The van der Waals surface area contributed by atoms with Gasteiger partial charge in [0.2, 0.25) is 5.91 Å². The maximum atomic E-state index is 12.3. The van der Waals surface area contributed by atoms with Crippen LogP contribution in [0.2, 0.25) is 5.02 Å². The first-order chi connectivity index (χ1) is 10.8. The zero-order valence-electron chi connectivity index (χ0n) is 11.4. The fourth-order valence-corrected chi connectivity index (χ4v) is 2.60. The summed E-state index contributed by atoms with van der Waals surface area (Å²) in [5.41, 5.74) is 10.5. The molecule has 8 nitrogen and oxygen atoms in total. The van der Waals surface area contributed by atoms with E-state index in [0.29, 0.717) is 0 Å². The standard InChI is InChI=1S/C14H9ClN4O4/c15-8-2-1-5(3-6(8)12(17)21)19-9(20)4-7-10(11(19)16)14(23)18-13(7)22/h1-4H,16H2,(H2,17,21)(H,18,22,23). The fraction of sp³-hybridized carbons (Fsp3) is 0. The SMILES string of the molecule is NC(=O)c1cc(-n2c(N)c3c(cc2=O)C(=O)NC3=O)ccc1Cl. The van der Waals surface area contributed by atoms with Crippen LogP contribution < -0.4 is 22.3 Å². The van der Waals surface area contributed by atoms with Gasteiger partial charge in [-0.15, -0.1) is 0 Å². The highest BCUT2D eigenvalue weighted by Crippen LogP contribution is 2.25. The second-order valence-corrected chi connectivity index (χ2v) is 5.21. The number of carbonyl (C=O) groups excluding carboxylic acids is 3. The minimum Gasteiger partial charge on any atom is -0.384 e. The largest absolute Gasteiger partial charge is 0.384 e. The predicted octanol–water partition coefficient (Wildman–Crippen LogP) is 0.0556. The van der Waals surface area contributed by atoms with E-state index in [-0.39, 0.29) is 33.2 Å². The molecule has 3 rings (SSSR count). The highest BCUT2D eigenvalue weighted by atomic mass is 35.5. The summed E-state index contributed by atoms with van der Waals surface area (Å²) in [6, 6.07) is 5.10. The molecule has 3 amide bonds. The molecule has 23 heavy (non-hydrogen) atoms. The Labute approximate surface area is 133 Å². The van der Waals surface area contributed by atoms with E-state index in [4.69, 9.17) is 23.1 Å². The number of amides is 3. The van der Waals surface area contributed by atoms with Gasteiger partial charge in [-0.2, -0.15) is 0 Å². The number of halogens is 1. The summed E-state index contributed by atoms with van der Waals surface area (Å²) in [6.07, 6.45) is 0. The maximum absolute atomic E-state index is 12.3. The molecule has 2 aromatic rings. The van der Waals surface area contributed by atoms with Crippen molar-refractivity contribution in [1.29, 1.82) is 0 Å². The number of nitrogens with two attached hydrogens (primary N) is 2. The second kappa shape index (κ2) is 4.96. The van der Waals surface area contributed by atoms with Crippen molar-refractivity contribution in [3.05, 3.63) is 56.3 Å². The number of pyridine rings is 1. The number of rotatable bonds is 2. The number of fused-ring (bicyclic) bond motifs is 1. The lowest BCUT2D eigenvalue weighted by Gasteiger charge is -2.13. The molecule has 0 unspecified atom stereocenters. The number of benzene rings is 1. The summed E-state index contributed by atoms with van der Waals surface area (Å²) in [7, 11) is 0. The smallest absolute Gasteiger partial charge is 0.262 e. The third kappa shape index (κ3) is 2.16. The van der Waals surface area contributed by atoms with Crippen LogP contribution in [0, 0.1) is 0 Å². The van der Waals surface area contributed by atoms with Crippen LogP contribution in [-0.2, 0) is 0 Å². The van der Waals surface area contributed by atoms with Crippen molar-refractivity contribution >= 4 is 35.1 Å². The van der Waals surface area contributed by atoms with E-state index in [1.54, 1.807) is 0 Å². The van der Waals surface area contributed by atoms with E-state index in [0.717, 1.165) is 10.6 Å². The number of imide groups is 1. The number of hydrogen-bond acceptors (Lipinski definition) is 5. The van der Waals surface area contributed by atoms with Gasteiger partial charge in [0.15, 0.2) is 0 Å². The summed E-state index contributed by atoms with van der Waals surface area (Å²) in [5, 5.41) is 2.18. The Bertz CT molecular complexity index is 964. The van der Waals surface area contributed by atoms with Gasteiger partial charge in [-0.25, -0.2) is 0 Å². The van der Waals surface area contributed by atoms with Crippen molar-refractivity contribution in [1.82, 2.24) is 9.88 Å². The third-order valence-corrected chi connectivity index (χ3v) is 3.76. The van der Waals surface area contributed by atoms with Gasteiger partial charge in [-0.05, 0) is 18.2 Å². The van der Waals surface area contributed by atoms with E-state index in [9.17, 15) is 19.2 Å². The van der Waals surface area contributed by atoms with Gasteiger partial charge < -0.3 is 11.5 Å². The van der Waals surface area contributed by atoms with Crippen molar-refractivity contribution in [3.63, 3.8) is 0 Å². The van der Waals surface area contributed by atoms with Crippen LogP contribution in [0.3, 0.4) is 0 Å². The number of nitrogens with one attached hydrogen (secondary N) is 1. The van der Waals surface area contributed by atoms with Crippen LogP contribution in [0.4, 0.5) is 5.82 Å². The zero-order chi connectivity index (χ0) is 16.9. The Hall–Kier alpha value is -3.13. The molecule has 1 aromatic heterocycles. The summed E-state index contributed by atoms with van der Waals surface area (Å²) < 4.78 is 1.000. The summed E-state index contributed by atoms with van der Waals surface area (Å²) >= 11 is 5.87. The van der Waals surface area contributed by atoms with Gasteiger partial charge in [0, 0.05) is 6.07 Å². The highest BCUT2D eigenvalue weighted by Gasteiger charge is 2.31. The Morgan fingerprint density at radius 3 is 2.48 bits per heavy atom. The molecule has 116 valence electrons. The molecule has 0 bridgehead atoms. The molecule has 0 aliphatic carbocycles. The van der Waals surface area contributed by atoms with Gasteiger partial charge in [-0.1, -0.05) is 11.6 Å². The second-order valence-electron chi connectivity index (χ2n) is 4.80. The number of primary amides is 1. The van der Waals surface area contributed by atoms with Crippen LogP contribution in [0.5, 0.6) is 0 Å². The quantitative estimate of drug-likeness (QED) is 0.667. The van der Waals surface area contributed by atoms with Crippen LogP contribution in [0.1, 0.15) is 31.1 Å². The normalized spacial score (nSPS) is 12.9. The van der Waals surface area contributed by atoms with E-state index >= 15 is 0 Å². The molecule has 0 atom stereocenters. The number of anilines is 1. The van der Waals surface area contributed by atoms with E-state index in [2.05, 4.69) is 5.32 Å². The number of hydrogen-bond donors (Lipinski definition) is 3. The van der Waals surface area contributed by atoms with Gasteiger partial charge >= 0.3 is 0 Å². The highest BCUT2D eigenvalue weighted by molar-refractivity contribution is 6.33. The first-order valence-electron chi connectivity index (χ1n) is 6.32. The molecule has 0 radical (unpaired) electrons. The summed E-state index contributed by atoms with van der Waals surface area (Å²) in [5.74, 6) is -2.37. The lowest BCUT2D eigenvalue weighted by atomic mass is 10.1. The topological polar surface area (TPSA) is 137 Å². The molecule has 0 fully saturated rings. The van der Waals surface area contributed by atoms with E-state index < -0.39 is 23.3 Å². The summed E-state index contributed by atoms with van der Waals surface area (Å²) in [6.45, 7) is 0. The van der Waals surface area contributed by atoms with Crippen LogP contribution in [-0.4, -0.2) is 22.3 Å². The van der Waals surface area contributed by atoms with Gasteiger partial charge in [-0.3, -0.25) is 29.1 Å².